The van der Waals surface area contributed by atoms with Crippen LogP contribution in [0.4, 0.5) is 5.69 Å². The average molecular weight is 413 g/mol. The molecule has 0 radical (unpaired) electrons. The first-order valence-corrected chi connectivity index (χ1v) is 11.7. The normalized spacial score (nSPS) is 23.2. The Morgan fingerprint density at radius 2 is 1.72 bits per heavy atom. The number of sulfonamides is 1. The van der Waals surface area contributed by atoms with Crippen molar-refractivity contribution < 1.29 is 13.2 Å². The van der Waals surface area contributed by atoms with Gasteiger partial charge >= 0.3 is 0 Å². The molecule has 4 rings (SSSR count). The number of nitrogens with one attached hydrogen (secondary N) is 1. The number of amides is 1. The van der Waals surface area contributed by atoms with Crippen LogP contribution < -0.4 is 9.62 Å². The second kappa shape index (κ2) is 7.82. The van der Waals surface area contributed by atoms with Crippen molar-refractivity contribution in [3.8, 4) is 0 Å². The van der Waals surface area contributed by atoms with E-state index >= 15 is 0 Å². The van der Waals surface area contributed by atoms with Gasteiger partial charge in [0, 0.05) is 6.04 Å². The van der Waals surface area contributed by atoms with Crippen molar-refractivity contribution in [1.29, 1.82) is 0 Å². The summed E-state index contributed by atoms with van der Waals surface area (Å²) >= 11 is 0. The van der Waals surface area contributed by atoms with Crippen LogP contribution in [0.2, 0.25) is 0 Å². The summed E-state index contributed by atoms with van der Waals surface area (Å²) in [5.41, 5.74) is 2.44. The van der Waals surface area contributed by atoms with Crippen molar-refractivity contribution in [1.82, 2.24) is 5.32 Å². The van der Waals surface area contributed by atoms with Gasteiger partial charge < -0.3 is 5.32 Å². The minimum absolute atomic E-state index is 0.182. The second-order valence-corrected chi connectivity index (χ2v) is 10.4. The Kier molecular flexibility index (Phi) is 5.38. The van der Waals surface area contributed by atoms with Crippen LogP contribution >= 0.6 is 0 Å². The molecular weight excluding hydrogens is 384 g/mol. The predicted octanol–water partition coefficient (Wildman–Crippen LogP) is 3.80. The Balaban J connectivity index is 1.62. The first-order chi connectivity index (χ1) is 13.8. The van der Waals surface area contributed by atoms with E-state index < -0.39 is 10.0 Å². The fourth-order valence-electron chi connectivity index (χ4n) is 4.93. The van der Waals surface area contributed by atoms with Gasteiger partial charge in [0.1, 0.15) is 6.54 Å². The number of hydrogen-bond donors (Lipinski definition) is 1. The molecule has 154 valence electrons. The van der Waals surface area contributed by atoms with Gasteiger partial charge in [-0.2, -0.15) is 0 Å². The summed E-state index contributed by atoms with van der Waals surface area (Å²) in [6, 6.07) is 14.1. The first-order valence-electron chi connectivity index (χ1n) is 10.3. The molecule has 0 unspecified atom stereocenters. The number of aryl methyl sites for hydroxylation is 2. The third-order valence-electron chi connectivity index (χ3n) is 6.20. The molecule has 2 saturated carbocycles. The molecule has 0 aliphatic heterocycles. The van der Waals surface area contributed by atoms with E-state index in [1.165, 1.54) is 23.6 Å². The molecule has 0 heterocycles. The SMILES string of the molecule is Cc1cc(C)cc(N(CC(=O)N[C@H]2C[C@H]3CC[C@H]2C3)S(=O)(=O)c2ccccc2)c1. The lowest BCUT2D eigenvalue weighted by Crippen LogP contribution is -2.46. The molecule has 2 aliphatic carbocycles. The van der Waals surface area contributed by atoms with Crippen LogP contribution in [0.3, 0.4) is 0 Å². The monoisotopic (exact) mass is 412 g/mol. The third kappa shape index (κ3) is 4.17. The molecule has 0 aromatic heterocycles. The highest BCUT2D eigenvalue weighted by molar-refractivity contribution is 7.92. The zero-order valence-corrected chi connectivity index (χ0v) is 17.8. The largest absolute Gasteiger partial charge is 0.352 e. The van der Waals surface area contributed by atoms with Gasteiger partial charge in [-0.3, -0.25) is 9.10 Å². The van der Waals surface area contributed by atoms with Gasteiger partial charge in [0.15, 0.2) is 0 Å². The molecular formula is C23H28N2O3S. The smallest absolute Gasteiger partial charge is 0.264 e. The van der Waals surface area contributed by atoms with E-state index in [1.54, 1.807) is 30.3 Å². The molecule has 2 aromatic carbocycles. The van der Waals surface area contributed by atoms with Crippen LogP contribution in [-0.2, 0) is 14.8 Å². The van der Waals surface area contributed by atoms with Gasteiger partial charge in [-0.1, -0.05) is 30.7 Å². The number of fused-ring (bicyclic) bond motifs is 2. The van der Waals surface area contributed by atoms with Crippen LogP contribution in [-0.4, -0.2) is 26.9 Å². The Morgan fingerprint density at radius 1 is 1.03 bits per heavy atom. The molecule has 5 nitrogen and oxygen atoms in total. The second-order valence-electron chi connectivity index (χ2n) is 8.52. The molecule has 1 amide bonds. The number of anilines is 1. The summed E-state index contributed by atoms with van der Waals surface area (Å²) in [5, 5.41) is 3.12. The lowest BCUT2D eigenvalue weighted by atomic mass is 9.95. The Hall–Kier alpha value is -2.34. The number of rotatable bonds is 6. The Bertz CT molecular complexity index is 984. The summed E-state index contributed by atoms with van der Waals surface area (Å²) < 4.78 is 28.0. The zero-order valence-electron chi connectivity index (χ0n) is 17.0. The van der Waals surface area contributed by atoms with Gasteiger partial charge in [-0.05, 0) is 80.3 Å². The van der Waals surface area contributed by atoms with Crippen molar-refractivity contribution in [2.24, 2.45) is 11.8 Å². The van der Waals surface area contributed by atoms with Crippen LogP contribution in [0.15, 0.2) is 53.4 Å². The van der Waals surface area contributed by atoms with Gasteiger partial charge in [0.2, 0.25) is 5.91 Å². The molecule has 1 N–H and O–H groups in total. The lowest BCUT2D eigenvalue weighted by molar-refractivity contribution is -0.120. The van der Waals surface area contributed by atoms with Crippen molar-refractivity contribution in [2.45, 2.75) is 50.5 Å². The number of carbonyl (C=O) groups is 1. The standard InChI is InChI=1S/C23H28N2O3S/c1-16-10-17(2)12-20(11-16)25(29(27,28)21-6-4-3-5-7-21)15-23(26)24-22-14-18-8-9-19(22)13-18/h3-7,10-12,18-19,22H,8-9,13-15H2,1-2H3,(H,24,26)/t18-,19-,22-/m0/s1. The molecule has 6 heteroatoms. The molecule has 0 saturated heterocycles. The van der Waals surface area contributed by atoms with Gasteiger partial charge in [0.25, 0.3) is 10.0 Å². The summed E-state index contributed by atoms with van der Waals surface area (Å²) in [5.74, 6) is 1.03. The van der Waals surface area contributed by atoms with Crippen LogP contribution in [0, 0.1) is 25.7 Å². The molecule has 2 fully saturated rings. The fourth-order valence-corrected chi connectivity index (χ4v) is 6.36. The molecule has 0 spiro atoms. The zero-order chi connectivity index (χ0) is 20.6. The van der Waals surface area contributed by atoms with Crippen LogP contribution in [0.5, 0.6) is 0 Å². The molecule has 2 aromatic rings. The van der Waals surface area contributed by atoms with E-state index in [0.717, 1.165) is 17.5 Å². The quantitative estimate of drug-likeness (QED) is 0.785. The number of carbonyl (C=O) groups excluding carboxylic acids is 1. The maximum Gasteiger partial charge on any atom is 0.264 e. The van der Waals surface area contributed by atoms with Crippen LogP contribution in [0.1, 0.15) is 36.8 Å². The highest BCUT2D eigenvalue weighted by Gasteiger charge is 2.40. The summed E-state index contributed by atoms with van der Waals surface area (Å²) in [4.78, 5) is 13.1. The summed E-state index contributed by atoms with van der Waals surface area (Å²) in [6.07, 6.45) is 4.63. The molecule has 2 bridgehead atoms. The van der Waals surface area contributed by atoms with Crippen molar-refractivity contribution in [3.63, 3.8) is 0 Å². The summed E-state index contributed by atoms with van der Waals surface area (Å²) in [6.45, 7) is 3.65. The minimum atomic E-state index is -3.85. The van der Waals surface area contributed by atoms with E-state index in [-0.39, 0.29) is 23.4 Å². The number of hydrogen-bond acceptors (Lipinski definition) is 3. The number of benzene rings is 2. The number of nitrogens with zero attached hydrogens (tertiary/aromatic N) is 1. The highest BCUT2D eigenvalue weighted by atomic mass is 32.2. The van der Waals surface area contributed by atoms with E-state index in [9.17, 15) is 13.2 Å². The maximum absolute atomic E-state index is 13.4. The topological polar surface area (TPSA) is 66.5 Å². The average Bonchev–Trinajstić information content (AvgIpc) is 3.29. The van der Waals surface area contributed by atoms with Crippen LogP contribution in [0.25, 0.3) is 0 Å². The fraction of sp³-hybridized carbons (Fsp3) is 0.435. The van der Waals surface area contributed by atoms with Gasteiger partial charge in [-0.15, -0.1) is 0 Å². The predicted molar refractivity (Wildman–Crippen MR) is 114 cm³/mol. The summed E-state index contributed by atoms with van der Waals surface area (Å²) in [7, 11) is -3.85. The molecule has 29 heavy (non-hydrogen) atoms. The van der Waals surface area contributed by atoms with Gasteiger partial charge in [0.05, 0.1) is 10.6 Å². The lowest BCUT2D eigenvalue weighted by Gasteiger charge is -2.27. The van der Waals surface area contributed by atoms with Crippen molar-refractivity contribution in [2.75, 3.05) is 10.8 Å². The Labute approximate surface area is 173 Å². The minimum Gasteiger partial charge on any atom is -0.352 e. The maximum atomic E-state index is 13.4. The van der Waals surface area contributed by atoms with Crippen molar-refractivity contribution >= 4 is 21.6 Å². The van der Waals surface area contributed by atoms with Crippen molar-refractivity contribution in [3.05, 3.63) is 59.7 Å². The molecule has 2 aliphatic rings. The van der Waals surface area contributed by atoms with E-state index in [4.69, 9.17) is 0 Å². The molecule has 3 atom stereocenters. The Morgan fingerprint density at radius 3 is 2.31 bits per heavy atom. The first kappa shape index (κ1) is 20.0. The van der Waals surface area contributed by atoms with E-state index in [1.807, 2.05) is 32.0 Å². The van der Waals surface area contributed by atoms with Gasteiger partial charge in [-0.25, -0.2) is 8.42 Å². The highest BCUT2D eigenvalue weighted by Crippen LogP contribution is 2.44. The van der Waals surface area contributed by atoms with E-state index in [0.29, 0.717) is 17.5 Å². The van der Waals surface area contributed by atoms with E-state index in [2.05, 4.69) is 5.32 Å². The third-order valence-corrected chi connectivity index (χ3v) is 7.99.